The Morgan fingerprint density at radius 3 is 1.81 bits per heavy atom. The van der Waals surface area contributed by atoms with Crippen LogP contribution in [0.5, 0.6) is 0 Å². The third-order valence-electron chi connectivity index (χ3n) is 2.79. The standard InChI is InChI=1S/C10H10O2.C8H8.C4H6O2/c1-2-10(11)12-8-9-6-4-3-5-7-9;1-2-8-6-4-3-5-7-8;1-3(2)4(5)6/h2-7H,1,8H2;2-7H,1H2;1H2,2H3,(H,5,6). The number of carboxylic acid groups (broad SMARTS) is 1. The van der Waals surface area contributed by atoms with E-state index in [1.54, 1.807) is 0 Å². The molecule has 0 spiro atoms. The minimum atomic E-state index is -0.935. The average molecular weight is 352 g/mol. The quantitative estimate of drug-likeness (QED) is 0.614. The van der Waals surface area contributed by atoms with Crippen molar-refractivity contribution in [2.75, 3.05) is 0 Å². The van der Waals surface area contributed by atoms with Gasteiger partial charge >= 0.3 is 11.9 Å². The largest absolute Gasteiger partial charge is 0.478 e. The maximum atomic E-state index is 10.6. The SMILES string of the molecule is C=C(C)C(=O)O.C=CC(=O)OCc1ccccc1.C=Cc1ccccc1. The molecule has 0 unspecified atom stereocenters. The molecule has 2 aromatic carbocycles. The van der Waals surface area contributed by atoms with E-state index >= 15 is 0 Å². The Morgan fingerprint density at radius 1 is 1.00 bits per heavy atom. The van der Waals surface area contributed by atoms with E-state index in [4.69, 9.17) is 9.84 Å². The first-order valence-electron chi connectivity index (χ1n) is 7.80. The van der Waals surface area contributed by atoms with Crippen molar-refractivity contribution in [3.63, 3.8) is 0 Å². The molecule has 2 aromatic rings. The van der Waals surface area contributed by atoms with E-state index < -0.39 is 5.97 Å². The lowest BCUT2D eigenvalue weighted by molar-refractivity contribution is -0.139. The first kappa shape index (κ1) is 22.6. The van der Waals surface area contributed by atoms with Crippen LogP contribution in [0.4, 0.5) is 0 Å². The van der Waals surface area contributed by atoms with Crippen LogP contribution in [0.1, 0.15) is 18.1 Å². The molecule has 0 saturated carbocycles. The maximum Gasteiger partial charge on any atom is 0.330 e. The van der Waals surface area contributed by atoms with Gasteiger partial charge in [0.15, 0.2) is 0 Å². The molecule has 26 heavy (non-hydrogen) atoms. The second kappa shape index (κ2) is 14.0. The topological polar surface area (TPSA) is 63.6 Å². The number of rotatable bonds is 5. The van der Waals surface area contributed by atoms with Crippen molar-refractivity contribution >= 4 is 18.0 Å². The van der Waals surface area contributed by atoms with Crippen molar-refractivity contribution in [1.29, 1.82) is 0 Å². The molecule has 4 nitrogen and oxygen atoms in total. The predicted molar refractivity (Wildman–Crippen MR) is 105 cm³/mol. The molecule has 0 aliphatic rings. The summed E-state index contributed by atoms with van der Waals surface area (Å²) in [7, 11) is 0. The van der Waals surface area contributed by atoms with Gasteiger partial charge in [-0.1, -0.05) is 86.5 Å². The van der Waals surface area contributed by atoms with Crippen LogP contribution < -0.4 is 0 Å². The highest BCUT2D eigenvalue weighted by molar-refractivity contribution is 5.84. The highest BCUT2D eigenvalue weighted by Crippen LogP contribution is 2.00. The van der Waals surface area contributed by atoms with Gasteiger partial charge in [-0.05, 0) is 18.1 Å². The number of aliphatic carboxylic acids is 1. The molecule has 2 rings (SSSR count). The van der Waals surface area contributed by atoms with Crippen molar-refractivity contribution in [1.82, 2.24) is 0 Å². The minimum absolute atomic E-state index is 0.176. The van der Waals surface area contributed by atoms with Crippen LogP contribution in [-0.2, 0) is 20.9 Å². The molecule has 0 heterocycles. The summed E-state index contributed by atoms with van der Waals surface area (Å²) in [5.41, 5.74) is 2.33. The first-order chi connectivity index (χ1) is 12.4. The summed E-state index contributed by atoms with van der Waals surface area (Å²) in [4.78, 5) is 20.2. The zero-order valence-corrected chi connectivity index (χ0v) is 14.9. The zero-order valence-electron chi connectivity index (χ0n) is 14.9. The second-order valence-electron chi connectivity index (χ2n) is 5.00. The Hall–Kier alpha value is -3.40. The van der Waals surface area contributed by atoms with Crippen LogP contribution in [0.15, 0.2) is 92.0 Å². The minimum Gasteiger partial charge on any atom is -0.478 e. The number of hydrogen-bond acceptors (Lipinski definition) is 3. The molecule has 0 atom stereocenters. The number of carboxylic acids is 1. The van der Waals surface area contributed by atoms with Gasteiger partial charge in [0.1, 0.15) is 6.61 Å². The Morgan fingerprint density at radius 2 is 1.46 bits per heavy atom. The van der Waals surface area contributed by atoms with E-state index in [0.29, 0.717) is 6.61 Å². The lowest BCUT2D eigenvalue weighted by Crippen LogP contribution is -1.99. The number of hydrogen-bond donors (Lipinski definition) is 1. The number of carbonyl (C=O) groups is 2. The van der Waals surface area contributed by atoms with Gasteiger partial charge in [0, 0.05) is 11.6 Å². The fourth-order valence-electron chi connectivity index (χ4n) is 1.38. The Labute approximate surface area is 154 Å². The number of esters is 1. The highest BCUT2D eigenvalue weighted by Gasteiger charge is 1.95. The van der Waals surface area contributed by atoms with Crippen LogP contribution in [-0.4, -0.2) is 17.0 Å². The first-order valence-corrected chi connectivity index (χ1v) is 7.80. The summed E-state index contributed by atoms with van der Waals surface area (Å²) in [6.07, 6.45) is 2.99. The second-order valence-corrected chi connectivity index (χ2v) is 5.00. The summed E-state index contributed by atoms with van der Waals surface area (Å²) < 4.78 is 4.82. The summed E-state index contributed by atoms with van der Waals surface area (Å²) in [6, 6.07) is 19.5. The van der Waals surface area contributed by atoms with E-state index in [2.05, 4.69) is 19.7 Å². The monoisotopic (exact) mass is 352 g/mol. The third-order valence-corrected chi connectivity index (χ3v) is 2.79. The van der Waals surface area contributed by atoms with Crippen LogP contribution >= 0.6 is 0 Å². The van der Waals surface area contributed by atoms with Gasteiger partial charge in [0.25, 0.3) is 0 Å². The maximum absolute atomic E-state index is 10.6. The van der Waals surface area contributed by atoms with Crippen LogP contribution in [0.25, 0.3) is 6.08 Å². The van der Waals surface area contributed by atoms with Crippen molar-refractivity contribution in [2.45, 2.75) is 13.5 Å². The van der Waals surface area contributed by atoms with Gasteiger partial charge in [0.2, 0.25) is 0 Å². The lowest BCUT2D eigenvalue weighted by atomic mass is 10.2. The Balaban J connectivity index is 0.000000388. The molecule has 0 radical (unpaired) electrons. The number of benzene rings is 2. The van der Waals surface area contributed by atoms with Crippen LogP contribution in [0.2, 0.25) is 0 Å². The molecule has 4 heteroatoms. The summed E-state index contributed by atoms with van der Waals surface area (Å²) >= 11 is 0. The highest BCUT2D eigenvalue weighted by atomic mass is 16.5. The van der Waals surface area contributed by atoms with Gasteiger partial charge in [-0.15, -0.1) is 0 Å². The molecule has 0 amide bonds. The summed E-state index contributed by atoms with van der Waals surface area (Å²) in [5.74, 6) is -1.33. The van der Waals surface area contributed by atoms with Gasteiger partial charge in [0.05, 0.1) is 0 Å². The summed E-state index contributed by atoms with van der Waals surface area (Å²) in [6.45, 7) is 11.8. The molecule has 0 aliphatic heterocycles. The van der Waals surface area contributed by atoms with Crippen LogP contribution in [0.3, 0.4) is 0 Å². The van der Waals surface area contributed by atoms with Crippen molar-refractivity contribution in [3.05, 3.63) is 103 Å². The third kappa shape index (κ3) is 12.1. The fourth-order valence-corrected chi connectivity index (χ4v) is 1.38. The number of carbonyl (C=O) groups excluding carboxylic acids is 1. The van der Waals surface area contributed by atoms with Gasteiger partial charge in [-0.3, -0.25) is 0 Å². The molecular weight excluding hydrogens is 328 g/mol. The molecule has 0 fully saturated rings. The molecule has 0 aliphatic carbocycles. The van der Waals surface area contributed by atoms with Crippen molar-refractivity contribution in [2.24, 2.45) is 0 Å². The molecule has 136 valence electrons. The molecule has 1 N–H and O–H groups in total. The Bertz CT molecular complexity index is 691. The van der Waals surface area contributed by atoms with E-state index in [1.807, 2.05) is 66.7 Å². The van der Waals surface area contributed by atoms with Gasteiger partial charge in [-0.25, -0.2) is 9.59 Å². The van der Waals surface area contributed by atoms with E-state index in [-0.39, 0.29) is 11.5 Å². The van der Waals surface area contributed by atoms with Crippen LogP contribution in [0, 0.1) is 0 Å². The normalized spacial score (nSPS) is 8.50. The Kier molecular flexibility index (Phi) is 12.2. The lowest BCUT2D eigenvalue weighted by Gasteiger charge is -2.00. The zero-order chi connectivity index (χ0) is 19.8. The molecule has 0 aromatic heterocycles. The van der Waals surface area contributed by atoms with E-state index in [0.717, 1.165) is 11.6 Å². The number of ether oxygens (including phenoxy) is 1. The predicted octanol–water partition coefficient (Wildman–Crippen LogP) is 4.89. The smallest absolute Gasteiger partial charge is 0.330 e. The van der Waals surface area contributed by atoms with Gasteiger partial charge < -0.3 is 9.84 Å². The van der Waals surface area contributed by atoms with Crippen molar-refractivity contribution < 1.29 is 19.4 Å². The fraction of sp³-hybridized carbons (Fsp3) is 0.0909. The van der Waals surface area contributed by atoms with Crippen molar-refractivity contribution in [3.8, 4) is 0 Å². The summed E-state index contributed by atoms with van der Waals surface area (Å²) in [5, 5.41) is 7.89. The van der Waals surface area contributed by atoms with Gasteiger partial charge in [-0.2, -0.15) is 0 Å². The average Bonchev–Trinajstić information content (AvgIpc) is 2.68. The molecular formula is C22H24O4. The van der Waals surface area contributed by atoms with E-state index in [9.17, 15) is 9.59 Å². The molecule has 0 saturated heterocycles. The van der Waals surface area contributed by atoms with E-state index in [1.165, 1.54) is 12.5 Å². The molecule has 0 bridgehead atoms.